The number of aromatic nitrogens is 2. The minimum Gasteiger partial charge on any atom is -0.377 e. The van der Waals surface area contributed by atoms with Crippen LogP contribution in [-0.2, 0) is 17.7 Å². The van der Waals surface area contributed by atoms with Crippen LogP contribution in [0, 0.1) is 12.7 Å². The van der Waals surface area contributed by atoms with Crippen molar-refractivity contribution in [1.29, 1.82) is 0 Å². The Morgan fingerprint density at radius 2 is 2.03 bits per heavy atom. The number of benzene rings is 2. The van der Waals surface area contributed by atoms with Crippen molar-refractivity contribution in [3.8, 4) is 11.4 Å². The van der Waals surface area contributed by atoms with Gasteiger partial charge < -0.3 is 9.26 Å². The Morgan fingerprint density at radius 1 is 1.17 bits per heavy atom. The fourth-order valence-electron chi connectivity index (χ4n) is 3.81. The first-order valence-electron chi connectivity index (χ1n) is 10.6. The van der Waals surface area contributed by atoms with Gasteiger partial charge in [0.25, 0.3) is 0 Å². The number of nitrogens with zero attached hydrogens (tertiary/aromatic N) is 3. The summed E-state index contributed by atoms with van der Waals surface area (Å²) in [6, 6.07) is 15.5. The predicted octanol–water partition coefficient (Wildman–Crippen LogP) is 4.80. The first kappa shape index (κ1) is 20.7. The molecule has 1 aliphatic heterocycles. The lowest BCUT2D eigenvalue weighted by Crippen LogP contribution is -2.32. The number of hydrogen-bond acceptors (Lipinski definition) is 5. The summed E-state index contributed by atoms with van der Waals surface area (Å²) in [7, 11) is 0. The fraction of sp³-hybridized carbons (Fsp3) is 0.417. The topological polar surface area (TPSA) is 51.4 Å². The largest absolute Gasteiger partial charge is 0.377 e. The molecule has 5 nitrogen and oxygen atoms in total. The molecule has 30 heavy (non-hydrogen) atoms. The molecule has 0 aliphatic carbocycles. The van der Waals surface area contributed by atoms with Crippen LogP contribution in [0.5, 0.6) is 0 Å². The van der Waals surface area contributed by atoms with Gasteiger partial charge in [0, 0.05) is 31.7 Å². The van der Waals surface area contributed by atoms with Crippen molar-refractivity contribution < 1.29 is 13.7 Å². The molecule has 3 aromatic rings. The number of hydrogen-bond donors (Lipinski definition) is 0. The lowest BCUT2D eigenvalue weighted by atomic mass is 10.1. The van der Waals surface area contributed by atoms with E-state index in [1.807, 2.05) is 12.1 Å². The van der Waals surface area contributed by atoms with E-state index in [-0.39, 0.29) is 5.82 Å². The first-order chi connectivity index (χ1) is 14.7. The van der Waals surface area contributed by atoms with Crippen LogP contribution in [0.15, 0.2) is 53.1 Å². The van der Waals surface area contributed by atoms with Crippen molar-refractivity contribution in [1.82, 2.24) is 15.0 Å². The zero-order valence-corrected chi connectivity index (χ0v) is 17.4. The number of ether oxygens (including phenoxy) is 1. The Bertz CT molecular complexity index is 939. The van der Waals surface area contributed by atoms with E-state index in [0.29, 0.717) is 35.4 Å². The highest BCUT2D eigenvalue weighted by molar-refractivity contribution is 5.54. The van der Waals surface area contributed by atoms with E-state index in [9.17, 15) is 4.39 Å². The smallest absolute Gasteiger partial charge is 0.227 e. The molecule has 0 N–H and O–H groups in total. The van der Waals surface area contributed by atoms with Gasteiger partial charge >= 0.3 is 0 Å². The Balaban J connectivity index is 1.34. The number of rotatable bonds is 9. The normalized spacial score (nSPS) is 16.4. The van der Waals surface area contributed by atoms with Gasteiger partial charge in [0.1, 0.15) is 5.82 Å². The Hall–Kier alpha value is -2.57. The van der Waals surface area contributed by atoms with Crippen LogP contribution in [0.3, 0.4) is 0 Å². The highest BCUT2D eigenvalue weighted by Crippen LogP contribution is 2.20. The molecule has 1 aromatic heterocycles. The molecular weight excluding hydrogens is 381 g/mol. The summed E-state index contributed by atoms with van der Waals surface area (Å²) in [6.45, 7) is 5.36. The number of aryl methyl sites for hydroxylation is 2. The highest BCUT2D eigenvalue weighted by atomic mass is 19.1. The summed E-state index contributed by atoms with van der Waals surface area (Å²) in [5.74, 6) is 0.761. The number of halogens is 1. The van der Waals surface area contributed by atoms with Crippen LogP contribution in [0.4, 0.5) is 4.39 Å². The third-order valence-corrected chi connectivity index (χ3v) is 5.50. The molecule has 4 rings (SSSR count). The summed E-state index contributed by atoms with van der Waals surface area (Å²) >= 11 is 0. The Morgan fingerprint density at radius 3 is 2.80 bits per heavy atom. The Kier molecular flexibility index (Phi) is 6.87. The molecule has 158 valence electrons. The average molecular weight is 410 g/mol. The quantitative estimate of drug-likeness (QED) is 0.508. The van der Waals surface area contributed by atoms with E-state index in [1.54, 1.807) is 13.0 Å². The van der Waals surface area contributed by atoms with Gasteiger partial charge in [-0.1, -0.05) is 47.6 Å². The second-order valence-electron chi connectivity index (χ2n) is 7.93. The van der Waals surface area contributed by atoms with Crippen molar-refractivity contribution in [2.75, 3.05) is 19.7 Å². The Labute approximate surface area is 176 Å². The van der Waals surface area contributed by atoms with Crippen molar-refractivity contribution in [2.45, 2.75) is 45.3 Å². The maximum absolute atomic E-state index is 13.8. The monoisotopic (exact) mass is 409 g/mol. The molecule has 0 bridgehead atoms. The molecule has 2 heterocycles. The standard InChI is InChI=1S/C24H28FN3O2/c1-18-11-12-20(15-22(18)25)24-26-23(30-27-24)10-5-13-28(17-21-9-6-14-29-21)16-19-7-3-2-4-8-19/h2-4,7-8,11-12,15,21H,5-6,9-10,13-14,16-17H2,1H3. The van der Waals surface area contributed by atoms with Gasteiger partial charge in [0.05, 0.1) is 6.10 Å². The molecule has 1 unspecified atom stereocenters. The fourth-order valence-corrected chi connectivity index (χ4v) is 3.81. The highest BCUT2D eigenvalue weighted by Gasteiger charge is 2.19. The zero-order chi connectivity index (χ0) is 20.8. The molecule has 0 radical (unpaired) electrons. The summed E-state index contributed by atoms with van der Waals surface area (Å²) in [4.78, 5) is 6.89. The molecule has 6 heteroatoms. The first-order valence-corrected chi connectivity index (χ1v) is 10.6. The van der Waals surface area contributed by atoms with E-state index in [0.717, 1.165) is 45.5 Å². The molecule has 0 saturated carbocycles. The van der Waals surface area contributed by atoms with Crippen molar-refractivity contribution in [3.63, 3.8) is 0 Å². The predicted molar refractivity (Wildman–Crippen MR) is 113 cm³/mol. The van der Waals surface area contributed by atoms with Crippen LogP contribution >= 0.6 is 0 Å². The van der Waals surface area contributed by atoms with Crippen LogP contribution < -0.4 is 0 Å². The van der Waals surface area contributed by atoms with Gasteiger partial charge in [-0.25, -0.2) is 4.39 Å². The SMILES string of the molecule is Cc1ccc(-c2noc(CCCN(Cc3ccccc3)CC3CCCO3)n2)cc1F. The van der Waals surface area contributed by atoms with Gasteiger partial charge in [-0.05, 0) is 49.9 Å². The van der Waals surface area contributed by atoms with Gasteiger partial charge in [0.2, 0.25) is 11.7 Å². The second-order valence-corrected chi connectivity index (χ2v) is 7.93. The zero-order valence-electron chi connectivity index (χ0n) is 17.4. The van der Waals surface area contributed by atoms with Gasteiger partial charge in [-0.15, -0.1) is 0 Å². The van der Waals surface area contributed by atoms with E-state index in [4.69, 9.17) is 9.26 Å². The molecule has 1 aliphatic rings. The molecule has 0 amide bonds. The van der Waals surface area contributed by atoms with E-state index >= 15 is 0 Å². The van der Waals surface area contributed by atoms with Crippen LogP contribution in [0.25, 0.3) is 11.4 Å². The summed E-state index contributed by atoms with van der Waals surface area (Å²) in [6.07, 6.45) is 4.20. The minimum atomic E-state index is -0.260. The lowest BCUT2D eigenvalue weighted by molar-refractivity contribution is 0.0700. The van der Waals surface area contributed by atoms with Gasteiger partial charge in [-0.2, -0.15) is 4.98 Å². The van der Waals surface area contributed by atoms with Crippen LogP contribution in [0.2, 0.25) is 0 Å². The van der Waals surface area contributed by atoms with Crippen molar-refractivity contribution in [3.05, 3.63) is 71.4 Å². The molecule has 2 aromatic carbocycles. The summed E-state index contributed by atoms with van der Waals surface area (Å²) in [5, 5.41) is 4.02. The van der Waals surface area contributed by atoms with E-state index in [2.05, 4.69) is 39.3 Å². The minimum absolute atomic E-state index is 0.260. The summed E-state index contributed by atoms with van der Waals surface area (Å²) in [5.41, 5.74) is 2.54. The van der Waals surface area contributed by atoms with Crippen LogP contribution in [-0.4, -0.2) is 40.8 Å². The maximum atomic E-state index is 13.8. The van der Waals surface area contributed by atoms with Crippen LogP contribution in [0.1, 0.15) is 36.3 Å². The molecule has 0 spiro atoms. The maximum Gasteiger partial charge on any atom is 0.227 e. The molecule has 1 atom stereocenters. The van der Waals surface area contributed by atoms with Gasteiger partial charge in [-0.3, -0.25) is 4.90 Å². The van der Waals surface area contributed by atoms with Crippen molar-refractivity contribution in [2.24, 2.45) is 0 Å². The van der Waals surface area contributed by atoms with Crippen molar-refractivity contribution >= 4 is 0 Å². The van der Waals surface area contributed by atoms with E-state index in [1.165, 1.54) is 11.6 Å². The lowest BCUT2D eigenvalue weighted by Gasteiger charge is -2.25. The van der Waals surface area contributed by atoms with Gasteiger partial charge in [0.15, 0.2) is 0 Å². The third-order valence-electron chi connectivity index (χ3n) is 5.50. The molecular formula is C24H28FN3O2. The molecule has 1 fully saturated rings. The third kappa shape index (κ3) is 5.52. The average Bonchev–Trinajstić information content (AvgIpc) is 3.43. The summed E-state index contributed by atoms with van der Waals surface area (Å²) < 4.78 is 25.0. The van der Waals surface area contributed by atoms with E-state index < -0.39 is 0 Å². The molecule has 1 saturated heterocycles. The second kappa shape index (κ2) is 9.96.